The van der Waals surface area contributed by atoms with Gasteiger partial charge in [0.05, 0.1) is 37.9 Å². The van der Waals surface area contributed by atoms with E-state index in [0.717, 1.165) is 5.56 Å². The first-order chi connectivity index (χ1) is 11.7. The second-order valence-corrected chi connectivity index (χ2v) is 5.51. The molecule has 6 heteroatoms. The molecule has 0 bridgehead atoms. The summed E-state index contributed by atoms with van der Waals surface area (Å²) in [5.74, 6) is -0.590. The smallest absolute Gasteiger partial charge is 0.255 e. The van der Waals surface area contributed by atoms with Gasteiger partial charge in [-0.1, -0.05) is 18.2 Å². The molecule has 0 atom stereocenters. The van der Waals surface area contributed by atoms with E-state index in [2.05, 4.69) is 10.3 Å². The van der Waals surface area contributed by atoms with Gasteiger partial charge in [0.2, 0.25) is 5.79 Å². The monoisotopic (exact) mass is 324 g/mol. The summed E-state index contributed by atoms with van der Waals surface area (Å²) in [5, 5.41) is 2.90. The van der Waals surface area contributed by atoms with Gasteiger partial charge in [0.15, 0.2) is 0 Å². The van der Waals surface area contributed by atoms with Crippen LogP contribution in [-0.4, -0.2) is 32.4 Å². The highest BCUT2D eigenvalue weighted by Crippen LogP contribution is 2.47. The normalized spacial score (nSPS) is 17.0. The number of hydrogen-bond donors (Lipinski definition) is 1. The van der Waals surface area contributed by atoms with Crippen molar-refractivity contribution in [2.24, 2.45) is 4.99 Å². The first kappa shape index (κ1) is 14.9. The Balaban J connectivity index is 1.73. The fourth-order valence-electron chi connectivity index (χ4n) is 2.89. The van der Waals surface area contributed by atoms with E-state index in [1.54, 1.807) is 31.5 Å². The summed E-state index contributed by atoms with van der Waals surface area (Å²) in [7, 11) is 1.57. The van der Waals surface area contributed by atoms with E-state index in [-0.39, 0.29) is 5.91 Å². The molecule has 0 aromatic heterocycles. The van der Waals surface area contributed by atoms with Gasteiger partial charge in [-0.25, -0.2) is 0 Å². The van der Waals surface area contributed by atoms with Gasteiger partial charge in [0.1, 0.15) is 5.75 Å². The third-order valence-corrected chi connectivity index (χ3v) is 4.06. The summed E-state index contributed by atoms with van der Waals surface area (Å²) in [6.07, 6.45) is 1.63. The van der Waals surface area contributed by atoms with Crippen LogP contribution < -0.4 is 10.1 Å². The lowest BCUT2D eigenvalue weighted by Crippen LogP contribution is -2.26. The number of amides is 1. The van der Waals surface area contributed by atoms with E-state index in [1.807, 2.05) is 24.3 Å². The molecule has 0 radical (unpaired) electrons. The summed E-state index contributed by atoms with van der Waals surface area (Å²) in [6.45, 7) is 0.989. The number of fused-ring (bicyclic) bond motifs is 2. The highest BCUT2D eigenvalue weighted by atomic mass is 16.7. The zero-order chi connectivity index (χ0) is 16.6. The highest BCUT2D eigenvalue weighted by Gasteiger charge is 2.43. The minimum absolute atomic E-state index is 0.213. The number of benzene rings is 2. The minimum atomic E-state index is -0.976. The Morgan fingerprint density at radius 2 is 1.96 bits per heavy atom. The molecule has 122 valence electrons. The maximum Gasteiger partial charge on any atom is 0.255 e. The molecule has 1 fully saturated rings. The lowest BCUT2D eigenvalue weighted by molar-refractivity contribution is -0.0970. The third-order valence-electron chi connectivity index (χ3n) is 4.06. The number of methoxy groups -OCH3 is 1. The maximum atomic E-state index is 12.5. The van der Waals surface area contributed by atoms with Crippen molar-refractivity contribution in [3.8, 4) is 5.75 Å². The molecule has 4 rings (SSSR count). The van der Waals surface area contributed by atoms with Crippen molar-refractivity contribution in [3.05, 3.63) is 53.6 Å². The molecule has 24 heavy (non-hydrogen) atoms. The standard InChI is InChI=1S/C18H16N2O4/c1-22-13-9-14-16(19-11-18(14)23-7-8-24-18)15(10-13)20-17(21)12-5-3-2-4-6-12/h2-6,9-11H,7-8H2,1H3,(H,20,21). The minimum Gasteiger partial charge on any atom is -0.497 e. The second-order valence-electron chi connectivity index (χ2n) is 5.51. The molecule has 2 aromatic rings. The van der Waals surface area contributed by atoms with Crippen LogP contribution >= 0.6 is 0 Å². The number of nitrogens with zero attached hydrogens (tertiary/aromatic N) is 1. The second kappa shape index (κ2) is 5.74. The van der Waals surface area contributed by atoms with E-state index in [9.17, 15) is 4.79 Å². The van der Waals surface area contributed by atoms with E-state index in [1.165, 1.54) is 0 Å². The fourth-order valence-corrected chi connectivity index (χ4v) is 2.89. The maximum absolute atomic E-state index is 12.5. The predicted octanol–water partition coefficient (Wildman–Crippen LogP) is 2.86. The Hall–Kier alpha value is -2.70. The van der Waals surface area contributed by atoms with Gasteiger partial charge in [0.25, 0.3) is 5.91 Å². The van der Waals surface area contributed by atoms with Crippen LogP contribution in [0.15, 0.2) is 47.5 Å². The molecular formula is C18H16N2O4. The zero-order valence-corrected chi connectivity index (χ0v) is 13.1. The van der Waals surface area contributed by atoms with Crippen molar-refractivity contribution >= 4 is 23.5 Å². The van der Waals surface area contributed by atoms with Crippen LogP contribution in [0.1, 0.15) is 15.9 Å². The SMILES string of the molecule is COc1cc(NC(=O)c2ccccc2)c2c(c1)C1(C=N2)OCCO1. The lowest BCUT2D eigenvalue weighted by atomic mass is 10.0. The molecule has 1 amide bonds. The summed E-state index contributed by atoms with van der Waals surface area (Å²) in [6, 6.07) is 12.6. The Morgan fingerprint density at radius 1 is 1.21 bits per heavy atom. The molecule has 2 aliphatic rings. The molecule has 0 unspecified atom stereocenters. The predicted molar refractivity (Wildman–Crippen MR) is 89.1 cm³/mol. The van der Waals surface area contributed by atoms with Gasteiger partial charge in [-0.3, -0.25) is 9.79 Å². The van der Waals surface area contributed by atoms with Crippen LogP contribution in [-0.2, 0) is 15.3 Å². The molecule has 0 saturated carbocycles. The van der Waals surface area contributed by atoms with Crippen molar-refractivity contribution in [1.29, 1.82) is 0 Å². The number of carbonyl (C=O) groups is 1. The fraction of sp³-hybridized carbons (Fsp3) is 0.222. The Kier molecular flexibility index (Phi) is 3.55. The average Bonchev–Trinajstić information content (AvgIpc) is 3.24. The first-order valence-corrected chi connectivity index (χ1v) is 7.64. The molecule has 6 nitrogen and oxygen atoms in total. The van der Waals surface area contributed by atoms with Crippen molar-refractivity contribution in [2.45, 2.75) is 5.79 Å². The molecule has 2 aliphatic heterocycles. The Bertz CT molecular complexity index is 811. The van der Waals surface area contributed by atoms with Crippen LogP contribution in [0.3, 0.4) is 0 Å². The topological polar surface area (TPSA) is 69.2 Å². The summed E-state index contributed by atoms with van der Waals surface area (Å²) in [4.78, 5) is 16.9. The number of ether oxygens (including phenoxy) is 3. The molecule has 2 heterocycles. The summed E-state index contributed by atoms with van der Waals surface area (Å²) < 4.78 is 16.8. The average molecular weight is 324 g/mol. The zero-order valence-electron chi connectivity index (χ0n) is 13.1. The van der Waals surface area contributed by atoms with Gasteiger partial charge in [0, 0.05) is 17.2 Å². The van der Waals surface area contributed by atoms with Gasteiger partial charge >= 0.3 is 0 Å². The van der Waals surface area contributed by atoms with Crippen LogP contribution in [0.5, 0.6) is 5.75 Å². The van der Waals surface area contributed by atoms with E-state index >= 15 is 0 Å². The van der Waals surface area contributed by atoms with Crippen molar-refractivity contribution in [2.75, 3.05) is 25.6 Å². The number of hydrogen-bond acceptors (Lipinski definition) is 5. The molecule has 1 saturated heterocycles. The molecule has 0 aliphatic carbocycles. The van der Waals surface area contributed by atoms with Crippen LogP contribution in [0.2, 0.25) is 0 Å². The molecule has 1 spiro atoms. The quantitative estimate of drug-likeness (QED) is 0.942. The van der Waals surface area contributed by atoms with Gasteiger partial charge < -0.3 is 19.5 Å². The Labute approximate surface area is 139 Å². The van der Waals surface area contributed by atoms with E-state index in [4.69, 9.17) is 14.2 Å². The number of rotatable bonds is 3. The largest absolute Gasteiger partial charge is 0.497 e. The number of anilines is 1. The van der Waals surface area contributed by atoms with Gasteiger partial charge in [-0.05, 0) is 18.2 Å². The van der Waals surface area contributed by atoms with E-state index in [0.29, 0.717) is 35.9 Å². The van der Waals surface area contributed by atoms with Crippen LogP contribution in [0, 0.1) is 0 Å². The van der Waals surface area contributed by atoms with Crippen molar-refractivity contribution < 1.29 is 19.0 Å². The molecular weight excluding hydrogens is 308 g/mol. The Morgan fingerprint density at radius 3 is 2.67 bits per heavy atom. The lowest BCUT2D eigenvalue weighted by Gasteiger charge is -2.21. The summed E-state index contributed by atoms with van der Waals surface area (Å²) in [5.41, 5.74) is 2.49. The molecule has 1 N–H and O–H groups in total. The highest BCUT2D eigenvalue weighted by molar-refractivity contribution is 6.07. The summed E-state index contributed by atoms with van der Waals surface area (Å²) >= 11 is 0. The van der Waals surface area contributed by atoms with Crippen molar-refractivity contribution in [3.63, 3.8) is 0 Å². The molecule has 2 aromatic carbocycles. The number of aliphatic imine (C=N–C) groups is 1. The van der Waals surface area contributed by atoms with E-state index < -0.39 is 5.79 Å². The van der Waals surface area contributed by atoms with Gasteiger partial charge in [-0.15, -0.1) is 0 Å². The number of nitrogens with one attached hydrogen (secondary N) is 1. The third kappa shape index (κ3) is 2.36. The number of carbonyl (C=O) groups excluding carboxylic acids is 1. The van der Waals surface area contributed by atoms with Crippen molar-refractivity contribution in [1.82, 2.24) is 0 Å². The van der Waals surface area contributed by atoms with Crippen LogP contribution in [0.25, 0.3) is 0 Å². The first-order valence-electron chi connectivity index (χ1n) is 7.64. The van der Waals surface area contributed by atoms with Gasteiger partial charge in [-0.2, -0.15) is 0 Å². The van der Waals surface area contributed by atoms with Crippen LogP contribution in [0.4, 0.5) is 11.4 Å².